The molecule has 1 heterocycles. The molecule has 0 atom stereocenters. The van der Waals surface area contributed by atoms with Crippen molar-refractivity contribution in [1.29, 1.82) is 0 Å². The molecule has 1 aromatic heterocycles. The van der Waals surface area contributed by atoms with E-state index in [9.17, 15) is 0 Å². The van der Waals surface area contributed by atoms with Crippen molar-refractivity contribution in [3.8, 4) is 18.2 Å². The fourth-order valence-corrected chi connectivity index (χ4v) is 1.30. The van der Waals surface area contributed by atoms with Crippen LogP contribution in [0.5, 0.6) is 5.88 Å². The average Bonchev–Trinajstić information content (AvgIpc) is 2.01. The Morgan fingerprint density at radius 1 is 1.50 bits per heavy atom. The van der Waals surface area contributed by atoms with Crippen LogP contribution in [0.4, 0.5) is 0 Å². The molecule has 0 amide bonds. The number of ether oxygens (including phenoxy) is 1. The van der Waals surface area contributed by atoms with E-state index in [1.807, 2.05) is 0 Å². The van der Waals surface area contributed by atoms with E-state index in [1.165, 1.54) is 0 Å². The lowest BCUT2D eigenvalue weighted by Crippen LogP contribution is -2.26. The molecule has 0 aliphatic carbocycles. The van der Waals surface area contributed by atoms with Crippen molar-refractivity contribution in [3.05, 3.63) is 16.5 Å². The summed E-state index contributed by atoms with van der Waals surface area (Å²) in [7, 11) is 0. The van der Waals surface area contributed by atoms with Crippen LogP contribution in [-0.4, -0.2) is 15.6 Å². The third-order valence-corrected chi connectivity index (χ3v) is 1.90. The number of hydrogen-bond donors (Lipinski definition) is 0. The SMILES string of the molecule is C#CC(C)(C)Oc1cc(Br)nc(C)n1. The second-order valence-corrected chi connectivity index (χ2v) is 4.15. The van der Waals surface area contributed by atoms with Crippen LogP contribution in [0.3, 0.4) is 0 Å². The molecule has 3 nitrogen and oxygen atoms in total. The van der Waals surface area contributed by atoms with Gasteiger partial charge in [0.1, 0.15) is 10.4 Å². The van der Waals surface area contributed by atoms with Gasteiger partial charge in [0.25, 0.3) is 0 Å². The molecular formula is C10H11BrN2O. The molecule has 0 radical (unpaired) electrons. The number of nitrogens with zero attached hydrogens (tertiary/aromatic N) is 2. The van der Waals surface area contributed by atoms with Gasteiger partial charge in [0.2, 0.25) is 5.88 Å². The Balaban J connectivity index is 2.94. The Morgan fingerprint density at radius 3 is 2.64 bits per heavy atom. The summed E-state index contributed by atoms with van der Waals surface area (Å²) in [5.41, 5.74) is -0.653. The van der Waals surface area contributed by atoms with Crippen molar-refractivity contribution in [3.63, 3.8) is 0 Å². The predicted octanol–water partition coefficient (Wildman–Crippen LogP) is 2.34. The summed E-state index contributed by atoms with van der Waals surface area (Å²) in [6, 6.07) is 1.69. The first kappa shape index (κ1) is 11.0. The molecule has 0 unspecified atom stereocenters. The lowest BCUT2D eigenvalue weighted by molar-refractivity contribution is 0.164. The Bertz CT molecular complexity index is 362. The molecule has 4 heteroatoms. The van der Waals surface area contributed by atoms with Crippen LogP contribution in [-0.2, 0) is 0 Å². The molecule has 0 spiro atoms. The van der Waals surface area contributed by atoms with Crippen LogP contribution in [0.25, 0.3) is 0 Å². The molecule has 1 aromatic rings. The van der Waals surface area contributed by atoms with Gasteiger partial charge in [-0.3, -0.25) is 0 Å². The van der Waals surface area contributed by atoms with Gasteiger partial charge in [0, 0.05) is 6.07 Å². The van der Waals surface area contributed by atoms with Crippen LogP contribution in [0.2, 0.25) is 0 Å². The molecule has 0 fully saturated rings. The summed E-state index contributed by atoms with van der Waals surface area (Å²) in [6.45, 7) is 5.40. The molecule has 0 bridgehead atoms. The zero-order valence-electron chi connectivity index (χ0n) is 8.34. The highest BCUT2D eigenvalue weighted by atomic mass is 79.9. The molecule has 0 aromatic carbocycles. The van der Waals surface area contributed by atoms with E-state index in [0.717, 1.165) is 0 Å². The van der Waals surface area contributed by atoms with E-state index in [0.29, 0.717) is 16.3 Å². The number of aromatic nitrogens is 2. The standard InChI is InChI=1S/C10H11BrN2O/c1-5-10(3,4)14-9-6-8(11)12-7(2)13-9/h1,6H,2-4H3. The maximum absolute atomic E-state index is 5.50. The smallest absolute Gasteiger partial charge is 0.219 e. The number of aryl methyl sites for hydroxylation is 1. The fourth-order valence-electron chi connectivity index (χ4n) is 0.849. The average molecular weight is 255 g/mol. The lowest BCUT2D eigenvalue weighted by atomic mass is 10.1. The van der Waals surface area contributed by atoms with Gasteiger partial charge in [-0.2, -0.15) is 4.98 Å². The number of halogens is 1. The monoisotopic (exact) mass is 254 g/mol. The molecule has 0 aliphatic rings. The van der Waals surface area contributed by atoms with E-state index >= 15 is 0 Å². The summed E-state index contributed by atoms with van der Waals surface area (Å²) >= 11 is 3.26. The Hall–Kier alpha value is -1.08. The minimum Gasteiger partial charge on any atom is -0.458 e. The van der Waals surface area contributed by atoms with Gasteiger partial charge >= 0.3 is 0 Å². The number of terminal acetylenes is 1. The van der Waals surface area contributed by atoms with Crippen LogP contribution in [0.1, 0.15) is 19.7 Å². The van der Waals surface area contributed by atoms with Crippen LogP contribution in [0, 0.1) is 19.3 Å². The predicted molar refractivity (Wildman–Crippen MR) is 58.0 cm³/mol. The molecule has 74 valence electrons. The third-order valence-electron chi connectivity index (χ3n) is 1.49. The summed E-state index contributed by atoms with van der Waals surface area (Å²) < 4.78 is 6.18. The molecule has 0 saturated carbocycles. The van der Waals surface area contributed by atoms with Crippen LogP contribution >= 0.6 is 15.9 Å². The summed E-state index contributed by atoms with van der Waals surface area (Å²) in [5, 5.41) is 0. The lowest BCUT2D eigenvalue weighted by Gasteiger charge is -2.19. The van der Waals surface area contributed by atoms with Crippen LogP contribution in [0.15, 0.2) is 10.7 Å². The second kappa shape index (κ2) is 3.97. The van der Waals surface area contributed by atoms with Gasteiger partial charge in [0.05, 0.1) is 0 Å². The van der Waals surface area contributed by atoms with E-state index in [4.69, 9.17) is 11.2 Å². The molecule has 1 rings (SSSR count). The maximum atomic E-state index is 5.50. The maximum Gasteiger partial charge on any atom is 0.219 e. The molecule has 0 saturated heterocycles. The summed E-state index contributed by atoms with van der Waals surface area (Å²) in [4.78, 5) is 8.17. The van der Waals surface area contributed by atoms with E-state index in [-0.39, 0.29) is 0 Å². The van der Waals surface area contributed by atoms with Crippen molar-refractivity contribution < 1.29 is 4.74 Å². The Morgan fingerprint density at radius 2 is 2.14 bits per heavy atom. The van der Waals surface area contributed by atoms with E-state index in [1.54, 1.807) is 26.8 Å². The number of rotatable bonds is 2. The van der Waals surface area contributed by atoms with Gasteiger partial charge in [-0.1, -0.05) is 5.92 Å². The zero-order chi connectivity index (χ0) is 10.8. The quantitative estimate of drug-likeness (QED) is 0.601. The highest BCUT2D eigenvalue weighted by Gasteiger charge is 2.16. The van der Waals surface area contributed by atoms with Crippen LogP contribution < -0.4 is 4.74 Å². The highest BCUT2D eigenvalue weighted by Crippen LogP contribution is 2.18. The van der Waals surface area contributed by atoms with Gasteiger partial charge in [-0.05, 0) is 36.7 Å². The van der Waals surface area contributed by atoms with Crippen molar-refractivity contribution in [2.45, 2.75) is 26.4 Å². The van der Waals surface area contributed by atoms with Crippen molar-refractivity contribution in [2.24, 2.45) is 0 Å². The van der Waals surface area contributed by atoms with E-state index in [2.05, 4.69) is 31.8 Å². The first-order chi connectivity index (χ1) is 6.43. The molecule has 0 aliphatic heterocycles. The molecule has 0 N–H and O–H groups in total. The largest absolute Gasteiger partial charge is 0.458 e. The third kappa shape index (κ3) is 3.00. The summed E-state index contributed by atoms with van der Waals surface area (Å²) in [5.74, 6) is 3.65. The van der Waals surface area contributed by atoms with Crippen molar-refractivity contribution >= 4 is 15.9 Å². The number of hydrogen-bond acceptors (Lipinski definition) is 3. The first-order valence-corrected chi connectivity index (χ1v) is 4.90. The van der Waals surface area contributed by atoms with Gasteiger partial charge in [0.15, 0.2) is 5.60 Å². The second-order valence-electron chi connectivity index (χ2n) is 3.33. The molecular weight excluding hydrogens is 244 g/mol. The minimum atomic E-state index is -0.653. The van der Waals surface area contributed by atoms with E-state index < -0.39 is 5.60 Å². The van der Waals surface area contributed by atoms with Gasteiger partial charge in [-0.15, -0.1) is 6.42 Å². The zero-order valence-corrected chi connectivity index (χ0v) is 9.92. The highest BCUT2D eigenvalue weighted by molar-refractivity contribution is 9.10. The van der Waals surface area contributed by atoms with Gasteiger partial charge < -0.3 is 4.74 Å². The Kier molecular flexibility index (Phi) is 3.12. The topological polar surface area (TPSA) is 35.0 Å². The normalized spacial score (nSPS) is 10.8. The van der Waals surface area contributed by atoms with Crippen molar-refractivity contribution in [2.75, 3.05) is 0 Å². The summed E-state index contributed by atoms with van der Waals surface area (Å²) in [6.07, 6.45) is 5.30. The van der Waals surface area contributed by atoms with Crippen molar-refractivity contribution in [1.82, 2.24) is 9.97 Å². The Labute approximate surface area is 92.0 Å². The molecule has 14 heavy (non-hydrogen) atoms. The first-order valence-electron chi connectivity index (χ1n) is 4.11. The minimum absolute atomic E-state index is 0.479. The van der Waals surface area contributed by atoms with Gasteiger partial charge in [-0.25, -0.2) is 4.98 Å². The fraction of sp³-hybridized carbons (Fsp3) is 0.400.